The molecule has 0 saturated carbocycles. The van der Waals surface area contributed by atoms with Crippen LogP contribution in [-0.2, 0) is 6.42 Å². The second-order valence-corrected chi connectivity index (χ2v) is 3.65. The Bertz CT molecular complexity index is 570. The Morgan fingerprint density at radius 1 is 1.24 bits per heavy atom. The second kappa shape index (κ2) is 5.04. The molecule has 0 radical (unpaired) electrons. The van der Waals surface area contributed by atoms with Crippen molar-refractivity contribution in [3.05, 3.63) is 65.5 Å². The van der Waals surface area contributed by atoms with Gasteiger partial charge < -0.3 is 0 Å². The van der Waals surface area contributed by atoms with Crippen molar-refractivity contribution in [1.82, 2.24) is 4.98 Å². The summed E-state index contributed by atoms with van der Waals surface area (Å²) in [6.45, 7) is 0. The quantitative estimate of drug-likeness (QED) is 0.749. The number of rotatable bonds is 3. The number of hydrogen-bond donors (Lipinski definition) is 0. The van der Waals surface area contributed by atoms with Crippen molar-refractivity contribution in [2.75, 3.05) is 0 Å². The Balaban J connectivity index is 2.18. The molecule has 0 fully saturated rings. The number of pyridine rings is 1. The lowest BCUT2D eigenvalue weighted by Crippen LogP contribution is -2.03. The number of carbonyl (C=O) groups excluding carboxylic acids is 1. The first-order valence-corrected chi connectivity index (χ1v) is 5.22. The van der Waals surface area contributed by atoms with E-state index in [9.17, 15) is 4.79 Å². The Morgan fingerprint density at radius 3 is 2.71 bits per heavy atom. The third-order valence-electron chi connectivity index (χ3n) is 2.43. The zero-order chi connectivity index (χ0) is 12.1. The maximum Gasteiger partial charge on any atom is 0.167 e. The number of hydrogen-bond acceptors (Lipinski definition) is 3. The van der Waals surface area contributed by atoms with E-state index in [2.05, 4.69) is 4.98 Å². The van der Waals surface area contributed by atoms with Crippen LogP contribution in [0.5, 0.6) is 0 Å². The molecule has 0 N–H and O–H groups in total. The van der Waals surface area contributed by atoms with Gasteiger partial charge >= 0.3 is 0 Å². The van der Waals surface area contributed by atoms with E-state index in [1.165, 1.54) is 0 Å². The van der Waals surface area contributed by atoms with Gasteiger partial charge in [0.1, 0.15) is 0 Å². The van der Waals surface area contributed by atoms with Gasteiger partial charge in [-0.25, -0.2) is 0 Å². The van der Waals surface area contributed by atoms with E-state index < -0.39 is 0 Å². The summed E-state index contributed by atoms with van der Waals surface area (Å²) in [5.41, 5.74) is 2.00. The van der Waals surface area contributed by atoms with E-state index in [1.807, 2.05) is 18.2 Å². The first-order chi connectivity index (χ1) is 8.29. The molecular weight excluding hydrogens is 212 g/mol. The summed E-state index contributed by atoms with van der Waals surface area (Å²) < 4.78 is 0. The van der Waals surface area contributed by atoms with Crippen LogP contribution in [0.3, 0.4) is 0 Å². The summed E-state index contributed by atoms with van der Waals surface area (Å²) in [6.07, 6.45) is 3.65. The highest BCUT2D eigenvalue weighted by atomic mass is 16.1. The van der Waals surface area contributed by atoms with Crippen LogP contribution in [0, 0.1) is 11.3 Å². The lowest BCUT2D eigenvalue weighted by atomic mass is 10.0. The van der Waals surface area contributed by atoms with Crippen molar-refractivity contribution < 1.29 is 4.79 Å². The molecule has 1 heterocycles. The number of Topliss-reactive ketones (excluding diaryl/α,β-unsaturated/α-hetero) is 1. The highest BCUT2D eigenvalue weighted by Gasteiger charge is 2.07. The van der Waals surface area contributed by atoms with Crippen molar-refractivity contribution in [1.29, 1.82) is 5.26 Å². The van der Waals surface area contributed by atoms with Crippen LogP contribution in [0.1, 0.15) is 21.5 Å². The van der Waals surface area contributed by atoms with Gasteiger partial charge in [-0.2, -0.15) is 5.26 Å². The highest BCUT2D eigenvalue weighted by Crippen LogP contribution is 2.09. The first-order valence-electron chi connectivity index (χ1n) is 5.22. The predicted octanol–water partition coefficient (Wildman–Crippen LogP) is 2.38. The first kappa shape index (κ1) is 11.0. The lowest BCUT2D eigenvalue weighted by molar-refractivity contribution is 0.0993. The Hall–Kier alpha value is -2.47. The van der Waals surface area contributed by atoms with Gasteiger partial charge in [-0.05, 0) is 29.8 Å². The lowest BCUT2D eigenvalue weighted by Gasteiger charge is -2.01. The van der Waals surface area contributed by atoms with Gasteiger partial charge in [0.05, 0.1) is 11.6 Å². The Morgan fingerprint density at radius 2 is 2.00 bits per heavy atom. The molecule has 0 unspecified atom stereocenters. The predicted molar refractivity (Wildman–Crippen MR) is 63.4 cm³/mol. The SMILES string of the molecule is N#Cc1cccc(C(=O)Cc2ccncc2)c1. The van der Waals surface area contributed by atoms with E-state index in [0.29, 0.717) is 17.5 Å². The van der Waals surface area contributed by atoms with Crippen LogP contribution in [-0.4, -0.2) is 10.8 Å². The molecule has 0 aliphatic carbocycles. The van der Waals surface area contributed by atoms with Crippen LogP contribution >= 0.6 is 0 Å². The number of nitrogens with zero attached hydrogens (tertiary/aromatic N) is 2. The standard InChI is InChI=1S/C14H10N2O/c15-10-12-2-1-3-13(8-12)14(17)9-11-4-6-16-7-5-11/h1-8H,9H2. The molecule has 17 heavy (non-hydrogen) atoms. The van der Waals surface area contributed by atoms with Crippen LogP contribution in [0.25, 0.3) is 0 Å². The molecule has 3 nitrogen and oxygen atoms in total. The largest absolute Gasteiger partial charge is 0.294 e. The maximum atomic E-state index is 12.0. The van der Waals surface area contributed by atoms with Crippen LogP contribution in [0.15, 0.2) is 48.8 Å². The van der Waals surface area contributed by atoms with Crippen molar-refractivity contribution in [3.8, 4) is 6.07 Å². The van der Waals surface area contributed by atoms with E-state index in [-0.39, 0.29) is 5.78 Å². The summed E-state index contributed by atoms with van der Waals surface area (Å²) in [5, 5.41) is 8.76. The molecule has 2 aromatic rings. The fourth-order valence-electron chi connectivity index (χ4n) is 1.55. The van der Waals surface area contributed by atoms with Gasteiger partial charge in [0.25, 0.3) is 0 Å². The Labute approximate surface area is 99.4 Å². The van der Waals surface area contributed by atoms with Gasteiger partial charge in [-0.3, -0.25) is 9.78 Å². The summed E-state index contributed by atoms with van der Waals surface area (Å²) in [6, 6.07) is 12.4. The van der Waals surface area contributed by atoms with Gasteiger partial charge in [-0.1, -0.05) is 12.1 Å². The molecule has 0 aliphatic rings. The van der Waals surface area contributed by atoms with Crippen molar-refractivity contribution in [3.63, 3.8) is 0 Å². The van der Waals surface area contributed by atoms with Gasteiger partial charge in [0, 0.05) is 24.4 Å². The smallest absolute Gasteiger partial charge is 0.167 e. The average Bonchev–Trinajstić information content (AvgIpc) is 2.40. The molecule has 0 atom stereocenters. The number of ketones is 1. The summed E-state index contributed by atoms with van der Waals surface area (Å²) >= 11 is 0. The number of nitriles is 1. The molecule has 0 aliphatic heterocycles. The van der Waals surface area contributed by atoms with Crippen LogP contribution in [0.4, 0.5) is 0 Å². The summed E-state index contributed by atoms with van der Waals surface area (Å²) in [4.78, 5) is 15.9. The number of aromatic nitrogens is 1. The van der Waals surface area contributed by atoms with Crippen LogP contribution < -0.4 is 0 Å². The summed E-state index contributed by atoms with van der Waals surface area (Å²) in [5.74, 6) is 0.00769. The zero-order valence-electron chi connectivity index (χ0n) is 9.13. The normalized spacial score (nSPS) is 9.59. The molecule has 1 aromatic heterocycles. The summed E-state index contributed by atoms with van der Waals surface area (Å²) in [7, 11) is 0. The van der Waals surface area contributed by atoms with E-state index >= 15 is 0 Å². The number of benzene rings is 1. The second-order valence-electron chi connectivity index (χ2n) is 3.65. The molecule has 1 aromatic carbocycles. The van der Waals surface area contributed by atoms with Crippen molar-refractivity contribution in [2.24, 2.45) is 0 Å². The zero-order valence-corrected chi connectivity index (χ0v) is 9.13. The average molecular weight is 222 g/mol. The minimum Gasteiger partial charge on any atom is -0.294 e. The molecule has 82 valence electrons. The van der Waals surface area contributed by atoms with E-state index in [0.717, 1.165) is 5.56 Å². The highest BCUT2D eigenvalue weighted by molar-refractivity contribution is 5.97. The van der Waals surface area contributed by atoms with Gasteiger partial charge in [0.15, 0.2) is 5.78 Å². The maximum absolute atomic E-state index is 12.0. The van der Waals surface area contributed by atoms with Crippen molar-refractivity contribution in [2.45, 2.75) is 6.42 Å². The molecule has 3 heteroatoms. The van der Waals surface area contributed by atoms with E-state index in [4.69, 9.17) is 5.26 Å². The van der Waals surface area contributed by atoms with E-state index in [1.54, 1.807) is 36.7 Å². The van der Waals surface area contributed by atoms with Gasteiger partial charge in [-0.15, -0.1) is 0 Å². The third kappa shape index (κ3) is 2.76. The molecule has 0 amide bonds. The monoisotopic (exact) mass is 222 g/mol. The molecule has 0 bridgehead atoms. The minimum atomic E-state index is 0.00769. The number of carbonyl (C=O) groups is 1. The fraction of sp³-hybridized carbons (Fsp3) is 0.0714. The fourth-order valence-corrected chi connectivity index (χ4v) is 1.55. The third-order valence-corrected chi connectivity index (χ3v) is 2.43. The minimum absolute atomic E-state index is 0.00769. The molecule has 0 saturated heterocycles. The van der Waals surface area contributed by atoms with Crippen LogP contribution in [0.2, 0.25) is 0 Å². The Kier molecular flexibility index (Phi) is 3.27. The van der Waals surface area contributed by atoms with Gasteiger partial charge in [0.2, 0.25) is 0 Å². The molecule has 2 rings (SSSR count). The van der Waals surface area contributed by atoms with Crippen molar-refractivity contribution >= 4 is 5.78 Å². The molecular formula is C14H10N2O. The molecule has 0 spiro atoms. The topological polar surface area (TPSA) is 53.8 Å².